The fraction of sp³-hybridized carbons (Fsp3) is 0.308. The molecule has 1 aromatic heterocycles. The van der Waals surface area contributed by atoms with E-state index >= 15 is 0 Å². The number of pyridine rings is 1. The summed E-state index contributed by atoms with van der Waals surface area (Å²) in [6.45, 7) is 0.903. The molecule has 0 bridgehead atoms. The Morgan fingerprint density at radius 1 is 1.11 bits per heavy atom. The lowest BCUT2D eigenvalue weighted by atomic mass is 9.80. The number of nitrogens with one attached hydrogen (secondary N) is 1. The number of fused-ring (bicyclic) bond motifs is 2. The predicted molar refractivity (Wildman–Crippen MR) is 131 cm³/mol. The fourth-order valence-corrected chi connectivity index (χ4v) is 5.62. The lowest BCUT2D eigenvalue weighted by Crippen LogP contribution is -2.41. The van der Waals surface area contributed by atoms with Gasteiger partial charge >= 0.3 is 12.2 Å². The van der Waals surface area contributed by atoms with E-state index in [1.54, 1.807) is 17.0 Å². The van der Waals surface area contributed by atoms with Crippen molar-refractivity contribution in [1.82, 2.24) is 10.3 Å². The summed E-state index contributed by atoms with van der Waals surface area (Å²) in [4.78, 5) is 19.6. The van der Waals surface area contributed by atoms with Crippen LogP contribution in [0.15, 0.2) is 65.8 Å². The van der Waals surface area contributed by atoms with Gasteiger partial charge in [-0.1, -0.05) is 31.0 Å². The Morgan fingerprint density at radius 2 is 1.86 bits per heavy atom. The number of halogens is 3. The van der Waals surface area contributed by atoms with Gasteiger partial charge in [-0.25, -0.2) is 4.79 Å². The average Bonchev–Trinajstić information content (AvgIpc) is 3.47. The number of hydrogen-bond acceptors (Lipinski definition) is 4. The van der Waals surface area contributed by atoms with E-state index in [0.717, 1.165) is 53.6 Å². The molecule has 0 atom stereocenters. The summed E-state index contributed by atoms with van der Waals surface area (Å²) in [7, 11) is 0. The Hall–Kier alpha value is -3.04. The second-order valence-electron chi connectivity index (χ2n) is 9.15. The molecule has 9 heteroatoms. The zero-order valence-corrected chi connectivity index (χ0v) is 19.8. The van der Waals surface area contributed by atoms with Crippen LogP contribution in [-0.2, 0) is 18.1 Å². The van der Waals surface area contributed by atoms with E-state index in [1.165, 1.54) is 24.2 Å². The number of nitrogens with zero attached hydrogens (tertiary/aromatic N) is 2. The van der Waals surface area contributed by atoms with E-state index in [0.29, 0.717) is 18.7 Å². The van der Waals surface area contributed by atoms with Crippen molar-refractivity contribution >= 4 is 23.7 Å². The first-order valence-corrected chi connectivity index (χ1v) is 12.4. The van der Waals surface area contributed by atoms with Gasteiger partial charge in [0.25, 0.3) is 0 Å². The molecule has 2 aliphatic rings. The summed E-state index contributed by atoms with van der Waals surface area (Å²) < 4.78 is 40.9. The Labute approximate surface area is 206 Å². The molecule has 2 aromatic carbocycles. The molecule has 1 saturated carbocycles. The van der Waals surface area contributed by atoms with E-state index in [2.05, 4.69) is 10.3 Å². The third-order valence-electron chi connectivity index (χ3n) is 7.07. The molecule has 2 heterocycles. The van der Waals surface area contributed by atoms with Gasteiger partial charge in [0.2, 0.25) is 0 Å². The monoisotopic (exact) mass is 498 g/mol. The van der Waals surface area contributed by atoms with Gasteiger partial charge in [0.05, 0.1) is 5.56 Å². The topological polar surface area (TPSA) is 71.2 Å². The summed E-state index contributed by atoms with van der Waals surface area (Å²) in [5.74, 6) is 0. The van der Waals surface area contributed by atoms with Gasteiger partial charge in [0.1, 0.15) is 0 Å². The van der Waals surface area contributed by atoms with E-state index in [-0.39, 0.29) is 17.0 Å². The first-order valence-electron chi connectivity index (χ1n) is 11.5. The number of urea groups is 1. The highest BCUT2D eigenvalue weighted by molar-refractivity contribution is 7.97. The predicted octanol–water partition coefficient (Wildman–Crippen LogP) is 6.27. The Morgan fingerprint density at radius 3 is 2.54 bits per heavy atom. The lowest BCUT2D eigenvalue weighted by Gasteiger charge is -2.25. The number of benzene rings is 2. The number of nitrogens with two attached hydrogens (primary N) is 1. The normalized spacial score (nSPS) is 16.5. The first kappa shape index (κ1) is 23.7. The van der Waals surface area contributed by atoms with Gasteiger partial charge in [0, 0.05) is 41.5 Å². The molecule has 3 N–H and O–H groups in total. The summed E-state index contributed by atoms with van der Waals surface area (Å²) >= 11 is 1.17. The summed E-state index contributed by atoms with van der Waals surface area (Å²) in [5, 5.41) is 8.56. The minimum absolute atomic E-state index is 0.102. The molecule has 1 fully saturated rings. The minimum atomic E-state index is -4.50. The van der Waals surface area contributed by atoms with E-state index < -0.39 is 11.7 Å². The molecule has 5 nitrogen and oxygen atoms in total. The van der Waals surface area contributed by atoms with Crippen molar-refractivity contribution in [3.05, 3.63) is 77.6 Å². The van der Waals surface area contributed by atoms with Gasteiger partial charge in [-0.05, 0) is 77.4 Å². The van der Waals surface area contributed by atoms with Crippen LogP contribution in [0.2, 0.25) is 0 Å². The van der Waals surface area contributed by atoms with Crippen molar-refractivity contribution in [3.8, 4) is 11.1 Å². The molecular weight excluding hydrogens is 473 g/mol. The van der Waals surface area contributed by atoms with E-state index in [1.807, 2.05) is 30.3 Å². The van der Waals surface area contributed by atoms with Crippen molar-refractivity contribution in [2.24, 2.45) is 5.14 Å². The van der Waals surface area contributed by atoms with Crippen LogP contribution in [0.4, 0.5) is 23.7 Å². The van der Waals surface area contributed by atoms with Crippen LogP contribution in [0, 0.1) is 0 Å². The van der Waals surface area contributed by atoms with Crippen molar-refractivity contribution in [3.63, 3.8) is 0 Å². The average molecular weight is 499 g/mol. The SMILES string of the molecule is NSc1ccc(CNC(=O)N2CC3(CCCC3)c3cc(-c4ccncc4C(F)(F)F)ccc32)cc1. The molecule has 1 spiro atoms. The number of aromatic nitrogens is 1. The van der Waals surface area contributed by atoms with Crippen LogP contribution < -0.4 is 15.4 Å². The third kappa shape index (κ3) is 4.50. The van der Waals surface area contributed by atoms with Crippen molar-refractivity contribution in [2.45, 2.75) is 48.7 Å². The summed E-state index contributed by atoms with van der Waals surface area (Å²) in [5.41, 5.74) is 2.29. The lowest BCUT2D eigenvalue weighted by molar-refractivity contribution is -0.137. The quantitative estimate of drug-likeness (QED) is 0.416. The molecule has 0 saturated heterocycles. The van der Waals surface area contributed by atoms with Gasteiger partial charge in [-0.2, -0.15) is 13.2 Å². The molecule has 0 radical (unpaired) electrons. The molecule has 182 valence electrons. The second-order valence-corrected chi connectivity index (χ2v) is 9.85. The van der Waals surface area contributed by atoms with Crippen LogP contribution in [0.5, 0.6) is 0 Å². The van der Waals surface area contributed by atoms with Crippen molar-refractivity contribution in [2.75, 3.05) is 11.4 Å². The van der Waals surface area contributed by atoms with Crippen molar-refractivity contribution < 1.29 is 18.0 Å². The molecule has 1 aliphatic heterocycles. The Balaban J connectivity index is 1.45. The smallest absolute Gasteiger partial charge is 0.334 e. The largest absolute Gasteiger partial charge is 0.418 e. The maximum absolute atomic E-state index is 13.6. The third-order valence-corrected chi connectivity index (χ3v) is 7.61. The number of amides is 2. The highest BCUT2D eigenvalue weighted by Crippen LogP contribution is 2.51. The zero-order valence-electron chi connectivity index (χ0n) is 18.9. The van der Waals surface area contributed by atoms with Crippen LogP contribution in [-0.4, -0.2) is 17.6 Å². The maximum Gasteiger partial charge on any atom is 0.418 e. The molecule has 3 aromatic rings. The standard InChI is InChI=1S/C26H25F3N4OS/c27-26(28,29)22-15-31-12-9-20(22)18-5-8-23-21(13-18)25(10-1-2-11-25)16-33(23)24(34)32-14-17-3-6-19(35-30)7-4-17/h3-9,12-13,15H,1-2,10-11,14,16,30H2,(H,32,34). The molecular formula is C26H25F3N4OS. The van der Waals surface area contributed by atoms with Gasteiger partial charge in [-0.15, -0.1) is 0 Å². The molecule has 5 rings (SSSR count). The Bertz CT molecular complexity index is 1240. The number of anilines is 1. The number of alkyl halides is 3. The minimum Gasteiger partial charge on any atom is -0.334 e. The van der Waals surface area contributed by atoms with E-state index in [4.69, 9.17) is 5.14 Å². The Kier molecular flexibility index (Phi) is 6.23. The molecule has 35 heavy (non-hydrogen) atoms. The van der Waals surface area contributed by atoms with Crippen molar-refractivity contribution in [1.29, 1.82) is 0 Å². The van der Waals surface area contributed by atoms with E-state index in [9.17, 15) is 18.0 Å². The van der Waals surface area contributed by atoms with Gasteiger partial charge in [-0.3, -0.25) is 15.0 Å². The fourth-order valence-electron chi connectivity index (χ4n) is 5.33. The van der Waals surface area contributed by atoms with Crippen LogP contribution in [0.1, 0.15) is 42.4 Å². The summed E-state index contributed by atoms with van der Waals surface area (Å²) in [6.07, 6.45) is 1.64. The van der Waals surface area contributed by atoms with Crippen LogP contribution in [0.25, 0.3) is 11.1 Å². The number of rotatable bonds is 4. The number of carbonyl (C=O) groups is 1. The molecule has 1 aliphatic carbocycles. The van der Waals surface area contributed by atoms with Gasteiger partial charge < -0.3 is 5.32 Å². The number of hydrogen-bond donors (Lipinski definition) is 2. The number of carbonyl (C=O) groups excluding carboxylic acids is 1. The van der Waals surface area contributed by atoms with Gasteiger partial charge in [0.15, 0.2) is 0 Å². The highest BCUT2D eigenvalue weighted by Gasteiger charge is 2.46. The van der Waals surface area contributed by atoms with Crippen LogP contribution >= 0.6 is 11.9 Å². The summed E-state index contributed by atoms with van der Waals surface area (Å²) in [6, 6.07) is 14.1. The van der Waals surface area contributed by atoms with Crippen LogP contribution in [0.3, 0.4) is 0 Å². The first-order chi connectivity index (χ1) is 16.8. The molecule has 0 unspecified atom stereocenters. The zero-order chi connectivity index (χ0) is 24.6. The highest BCUT2D eigenvalue weighted by atomic mass is 32.2. The maximum atomic E-state index is 13.6. The second kappa shape index (κ2) is 9.20. The molecule has 2 amide bonds.